The molecule has 0 saturated heterocycles. The summed E-state index contributed by atoms with van der Waals surface area (Å²) in [5, 5.41) is 0. The predicted molar refractivity (Wildman–Crippen MR) is 68.3 cm³/mol. The summed E-state index contributed by atoms with van der Waals surface area (Å²) in [7, 11) is 0. The van der Waals surface area contributed by atoms with Gasteiger partial charge in [0.15, 0.2) is 0 Å². The molecule has 2 rings (SSSR count). The fourth-order valence-electron chi connectivity index (χ4n) is 2.14. The summed E-state index contributed by atoms with van der Waals surface area (Å²) in [6.45, 7) is 0.848. The Kier molecular flexibility index (Phi) is 4.30. The largest absolute Gasteiger partial charge is 0.406 e. The molecule has 1 amide bonds. The van der Waals surface area contributed by atoms with Crippen molar-refractivity contribution in [1.29, 1.82) is 0 Å². The van der Waals surface area contributed by atoms with Crippen molar-refractivity contribution in [3.05, 3.63) is 29.6 Å². The third kappa shape index (κ3) is 3.95. The molecule has 0 N–H and O–H groups in total. The highest BCUT2D eigenvalue weighted by molar-refractivity contribution is 5.95. The molecule has 1 aromatic rings. The third-order valence-electron chi connectivity index (χ3n) is 3.35. The van der Waals surface area contributed by atoms with E-state index in [0.29, 0.717) is 17.5 Å². The van der Waals surface area contributed by atoms with Crippen molar-refractivity contribution in [3.63, 3.8) is 0 Å². The molecule has 1 aromatic heterocycles. The number of amides is 1. The molecule has 0 bridgehead atoms. The summed E-state index contributed by atoms with van der Waals surface area (Å²) in [5.74, 6) is -0.332. The lowest BCUT2D eigenvalue weighted by Crippen LogP contribution is -2.40. The molecule has 0 aromatic carbocycles. The van der Waals surface area contributed by atoms with Crippen LogP contribution in [0.1, 0.15) is 35.7 Å². The molecular weight excluding hydrogens is 269 g/mol. The number of halogens is 3. The summed E-state index contributed by atoms with van der Waals surface area (Å²) in [4.78, 5) is 17.2. The first-order valence-electron chi connectivity index (χ1n) is 6.69. The molecule has 0 atom stereocenters. The summed E-state index contributed by atoms with van der Waals surface area (Å²) in [6.07, 6.45) is 0.977. The van der Waals surface area contributed by atoms with Crippen LogP contribution in [0.4, 0.5) is 13.2 Å². The van der Waals surface area contributed by atoms with Gasteiger partial charge in [-0.1, -0.05) is 6.92 Å². The number of hydrogen-bond acceptors (Lipinski definition) is 2. The zero-order valence-corrected chi connectivity index (χ0v) is 11.3. The number of carbonyl (C=O) groups is 1. The molecule has 0 spiro atoms. The minimum Gasteiger partial charge on any atom is -0.329 e. The highest BCUT2D eigenvalue weighted by Gasteiger charge is 2.36. The Bertz CT molecular complexity index is 484. The first-order chi connectivity index (χ1) is 9.40. The van der Waals surface area contributed by atoms with Crippen molar-refractivity contribution in [3.8, 4) is 0 Å². The number of aromatic nitrogens is 1. The molecule has 1 heterocycles. The van der Waals surface area contributed by atoms with Gasteiger partial charge in [-0.2, -0.15) is 13.2 Å². The second-order valence-corrected chi connectivity index (χ2v) is 5.13. The molecule has 0 radical (unpaired) electrons. The summed E-state index contributed by atoms with van der Waals surface area (Å²) in [6, 6.07) is 1.50. The molecule has 6 heteroatoms. The van der Waals surface area contributed by atoms with E-state index < -0.39 is 18.6 Å². The van der Waals surface area contributed by atoms with Crippen LogP contribution in [0, 0.1) is 5.92 Å². The summed E-state index contributed by atoms with van der Waals surface area (Å²) in [5.41, 5.74) is 1.01. The molecule has 0 aliphatic heterocycles. The molecule has 1 aliphatic carbocycles. The van der Waals surface area contributed by atoms with Gasteiger partial charge in [0, 0.05) is 24.5 Å². The van der Waals surface area contributed by atoms with Crippen LogP contribution in [-0.2, 0) is 6.42 Å². The van der Waals surface area contributed by atoms with Crippen molar-refractivity contribution >= 4 is 5.91 Å². The van der Waals surface area contributed by atoms with Gasteiger partial charge < -0.3 is 4.90 Å². The smallest absolute Gasteiger partial charge is 0.329 e. The number of aryl methyl sites for hydroxylation is 1. The van der Waals surface area contributed by atoms with Crippen LogP contribution in [-0.4, -0.2) is 35.1 Å². The van der Waals surface area contributed by atoms with Gasteiger partial charge in [-0.05, 0) is 36.8 Å². The van der Waals surface area contributed by atoms with E-state index in [2.05, 4.69) is 4.98 Å². The number of alkyl halides is 3. The van der Waals surface area contributed by atoms with Crippen molar-refractivity contribution in [1.82, 2.24) is 9.88 Å². The van der Waals surface area contributed by atoms with Gasteiger partial charge >= 0.3 is 6.18 Å². The molecule has 0 unspecified atom stereocenters. The first-order valence-corrected chi connectivity index (χ1v) is 6.69. The molecule has 1 fully saturated rings. The standard InChI is InChI=1S/C14H17F3N2O/c1-2-11-7-18-6-5-12(11)13(20)19(8-10-3-4-10)9-14(15,16)17/h5-7,10H,2-4,8-9H2,1H3. The Morgan fingerprint density at radius 1 is 1.45 bits per heavy atom. The van der Waals surface area contributed by atoms with Crippen molar-refractivity contribution in [2.45, 2.75) is 32.4 Å². The molecule has 20 heavy (non-hydrogen) atoms. The Hall–Kier alpha value is -1.59. The van der Waals surface area contributed by atoms with E-state index in [-0.39, 0.29) is 12.5 Å². The van der Waals surface area contributed by atoms with Gasteiger partial charge in [0.25, 0.3) is 5.91 Å². The molecule has 1 aliphatic rings. The number of pyridine rings is 1. The third-order valence-corrected chi connectivity index (χ3v) is 3.35. The van der Waals surface area contributed by atoms with E-state index in [1.54, 1.807) is 0 Å². The number of hydrogen-bond donors (Lipinski definition) is 0. The maximum Gasteiger partial charge on any atom is 0.406 e. The Balaban J connectivity index is 2.20. The number of nitrogens with zero attached hydrogens (tertiary/aromatic N) is 2. The lowest BCUT2D eigenvalue weighted by atomic mass is 10.1. The monoisotopic (exact) mass is 286 g/mol. The lowest BCUT2D eigenvalue weighted by Gasteiger charge is -2.24. The normalized spacial score (nSPS) is 15.2. The van der Waals surface area contributed by atoms with Crippen molar-refractivity contribution < 1.29 is 18.0 Å². The van der Waals surface area contributed by atoms with E-state index >= 15 is 0 Å². The molecular formula is C14H17F3N2O. The average Bonchev–Trinajstić information content (AvgIpc) is 3.19. The predicted octanol–water partition coefficient (Wildman–Crippen LogP) is 3.06. The van der Waals surface area contributed by atoms with Crippen LogP contribution >= 0.6 is 0 Å². The number of carbonyl (C=O) groups excluding carboxylic acids is 1. The Morgan fingerprint density at radius 3 is 2.70 bits per heavy atom. The quantitative estimate of drug-likeness (QED) is 0.833. The fraction of sp³-hybridized carbons (Fsp3) is 0.571. The molecule has 110 valence electrons. The minimum absolute atomic E-state index is 0.184. The van der Waals surface area contributed by atoms with Gasteiger partial charge in [0.2, 0.25) is 0 Å². The van der Waals surface area contributed by atoms with Crippen LogP contribution in [0.2, 0.25) is 0 Å². The van der Waals surface area contributed by atoms with Crippen molar-refractivity contribution in [2.75, 3.05) is 13.1 Å². The Labute approximate surface area is 115 Å². The summed E-state index contributed by atoms with van der Waals surface area (Å²) < 4.78 is 37.9. The van der Waals surface area contributed by atoms with Gasteiger partial charge in [-0.15, -0.1) is 0 Å². The van der Waals surface area contributed by atoms with Crippen LogP contribution in [0.15, 0.2) is 18.5 Å². The lowest BCUT2D eigenvalue weighted by molar-refractivity contribution is -0.141. The summed E-state index contributed by atoms with van der Waals surface area (Å²) >= 11 is 0. The first kappa shape index (κ1) is 14.8. The second kappa shape index (κ2) is 5.81. The maximum atomic E-state index is 12.6. The maximum absolute atomic E-state index is 12.6. The van der Waals surface area contributed by atoms with Crippen LogP contribution < -0.4 is 0 Å². The zero-order valence-electron chi connectivity index (χ0n) is 11.3. The zero-order chi connectivity index (χ0) is 14.8. The van der Waals surface area contributed by atoms with Crippen LogP contribution in [0.3, 0.4) is 0 Å². The van der Waals surface area contributed by atoms with E-state index in [1.807, 2.05) is 6.92 Å². The second-order valence-electron chi connectivity index (χ2n) is 5.13. The number of rotatable bonds is 5. The highest BCUT2D eigenvalue weighted by Crippen LogP contribution is 2.31. The topological polar surface area (TPSA) is 33.2 Å². The van der Waals surface area contributed by atoms with Gasteiger partial charge in [0.1, 0.15) is 6.54 Å². The van der Waals surface area contributed by atoms with Crippen molar-refractivity contribution in [2.24, 2.45) is 5.92 Å². The van der Waals surface area contributed by atoms with Gasteiger partial charge in [-0.3, -0.25) is 9.78 Å². The SMILES string of the molecule is CCc1cnccc1C(=O)N(CC1CC1)CC(F)(F)F. The van der Waals surface area contributed by atoms with E-state index in [4.69, 9.17) is 0 Å². The average molecular weight is 286 g/mol. The van der Waals surface area contributed by atoms with E-state index in [1.165, 1.54) is 18.5 Å². The fourth-order valence-corrected chi connectivity index (χ4v) is 2.14. The van der Waals surface area contributed by atoms with E-state index in [9.17, 15) is 18.0 Å². The van der Waals surface area contributed by atoms with E-state index in [0.717, 1.165) is 17.7 Å². The van der Waals surface area contributed by atoms with Crippen LogP contribution in [0.25, 0.3) is 0 Å². The van der Waals surface area contributed by atoms with Gasteiger partial charge in [-0.25, -0.2) is 0 Å². The highest BCUT2D eigenvalue weighted by atomic mass is 19.4. The Morgan fingerprint density at radius 2 is 2.15 bits per heavy atom. The minimum atomic E-state index is -4.37. The van der Waals surface area contributed by atoms with Crippen LogP contribution in [0.5, 0.6) is 0 Å². The van der Waals surface area contributed by atoms with Gasteiger partial charge in [0.05, 0.1) is 0 Å². The molecule has 3 nitrogen and oxygen atoms in total. The molecule has 1 saturated carbocycles.